The highest BCUT2D eigenvalue weighted by atomic mass is 16.5. The van der Waals surface area contributed by atoms with Crippen molar-refractivity contribution in [1.29, 1.82) is 0 Å². The number of aryl methyl sites for hydroxylation is 1. The molecule has 31 heavy (non-hydrogen) atoms. The van der Waals surface area contributed by atoms with Gasteiger partial charge >= 0.3 is 0 Å². The Kier molecular flexibility index (Phi) is 9.08. The zero-order valence-corrected chi connectivity index (χ0v) is 19.3. The molecular formula is C28H36N2O. The first kappa shape index (κ1) is 23.0. The quantitative estimate of drug-likeness (QED) is 0.283. The van der Waals surface area contributed by atoms with E-state index in [-0.39, 0.29) is 0 Å². The molecule has 0 amide bonds. The van der Waals surface area contributed by atoms with Crippen LogP contribution in [0.2, 0.25) is 0 Å². The van der Waals surface area contributed by atoms with Crippen LogP contribution in [0.4, 0.5) is 0 Å². The van der Waals surface area contributed by atoms with Crippen molar-refractivity contribution in [3.63, 3.8) is 0 Å². The highest BCUT2D eigenvalue weighted by Gasteiger charge is 2.05. The van der Waals surface area contributed by atoms with Crippen LogP contribution in [-0.2, 0) is 6.42 Å². The molecule has 3 nitrogen and oxygen atoms in total. The fourth-order valence-electron chi connectivity index (χ4n) is 3.67. The number of hydrogen-bond acceptors (Lipinski definition) is 3. The van der Waals surface area contributed by atoms with Crippen molar-refractivity contribution in [1.82, 2.24) is 9.97 Å². The Bertz CT molecular complexity index is 886. The first-order chi connectivity index (χ1) is 15.2. The van der Waals surface area contributed by atoms with E-state index in [1.807, 2.05) is 0 Å². The summed E-state index contributed by atoms with van der Waals surface area (Å²) in [6.45, 7) is 7.53. The third-order valence-electron chi connectivity index (χ3n) is 5.90. The highest BCUT2D eigenvalue weighted by Crippen LogP contribution is 2.24. The van der Waals surface area contributed by atoms with Gasteiger partial charge in [-0.05, 0) is 35.4 Å². The fraction of sp³-hybridized carbons (Fsp3) is 0.429. The molecule has 0 fully saturated rings. The molecule has 0 spiro atoms. The number of nitrogens with zero attached hydrogens (tertiary/aromatic N) is 2. The van der Waals surface area contributed by atoms with Crippen LogP contribution in [0.3, 0.4) is 0 Å². The van der Waals surface area contributed by atoms with Gasteiger partial charge in [-0.25, -0.2) is 9.97 Å². The van der Waals surface area contributed by atoms with Gasteiger partial charge < -0.3 is 4.74 Å². The molecule has 0 saturated carbocycles. The molecule has 0 aliphatic carbocycles. The molecule has 164 valence electrons. The van der Waals surface area contributed by atoms with Crippen molar-refractivity contribution in [2.24, 2.45) is 5.92 Å². The molecular weight excluding hydrogens is 380 g/mol. The van der Waals surface area contributed by atoms with Gasteiger partial charge in [0.25, 0.3) is 0 Å². The molecule has 3 rings (SSSR count). The lowest BCUT2D eigenvalue weighted by atomic mass is 10.0. The smallest absolute Gasteiger partial charge is 0.159 e. The SMILES string of the molecule is CCCc1ccc(-c2ccc(-c3ncc(OCCCCC[C@@H](C)CC)cn3)cc2)cc1. The first-order valence-electron chi connectivity index (χ1n) is 11.8. The second-order valence-corrected chi connectivity index (χ2v) is 8.48. The van der Waals surface area contributed by atoms with Gasteiger partial charge in [0, 0.05) is 5.56 Å². The zero-order valence-electron chi connectivity index (χ0n) is 19.3. The molecule has 0 saturated heterocycles. The summed E-state index contributed by atoms with van der Waals surface area (Å²) < 4.78 is 5.81. The van der Waals surface area contributed by atoms with E-state index in [9.17, 15) is 0 Å². The maximum atomic E-state index is 5.81. The van der Waals surface area contributed by atoms with Crippen LogP contribution in [0.1, 0.15) is 64.9 Å². The van der Waals surface area contributed by atoms with Gasteiger partial charge in [-0.2, -0.15) is 0 Å². The molecule has 0 aliphatic rings. The second kappa shape index (κ2) is 12.2. The molecule has 3 aromatic rings. The molecule has 1 atom stereocenters. The van der Waals surface area contributed by atoms with E-state index in [1.165, 1.54) is 48.8 Å². The van der Waals surface area contributed by atoms with E-state index >= 15 is 0 Å². The van der Waals surface area contributed by atoms with Crippen molar-refractivity contribution in [2.45, 2.75) is 65.7 Å². The second-order valence-electron chi connectivity index (χ2n) is 8.48. The van der Waals surface area contributed by atoms with Crippen LogP contribution in [0.25, 0.3) is 22.5 Å². The topological polar surface area (TPSA) is 35.0 Å². The maximum absolute atomic E-state index is 5.81. The van der Waals surface area contributed by atoms with Gasteiger partial charge in [-0.1, -0.05) is 101 Å². The average Bonchev–Trinajstić information content (AvgIpc) is 2.82. The Morgan fingerprint density at radius 3 is 2.00 bits per heavy atom. The number of benzene rings is 2. The van der Waals surface area contributed by atoms with Crippen LogP contribution in [0.15, 0.2) is 60.9 Å². The summed E-state index contributed by atoms with van der Waals surface area (Å²) in [4.78, 5) is 8.99. The number of unbranched alkanes of at least 4 members (excludes halogenated alkanes) is 2. The fourth-order valence-corrected chi connectivity index (χ4v) is 3.67. The van der Waals surface area contributed by atoms with Crippen LogP contribution >= 0.6 is 0 Å². The predicted molar refractivity (Wildman–Crippen MR) is 130 cm³/mol. The molecule has 1 aromatic heterocycles. The van der Waals surface area contributed by atoms with Crippen LogP contribution in [0, 0.1) is 5.92 Å². The van der Waals surface area contributed by atoms with Crippen LogP contribution in [0.5, 0.6) is 5.75 Å². The summed E-state index contributed by atoms with van der Waals surface area (Å²) in [5, 5.41) is 0. The highest BCUT2D eigenvalue weighted by molar-refractivity contribution is 5.67. The molecule has 2 aromatic carbocycles. The Morgan fingerprint density at radius 1 is 0.774 bits per heavy atom. The van der Waals surface area contributed by atoms with Gasteiger partial charge in [-0.15, -0.1) is 0 Å². The lowest BCUT2D eigenvalue weighted by Gasteiger charge is -2.09. The zero-order chi connectivity index (χ0) is 21.9. The number of aromatic nitrogens is 2. The van der Waals surface area contributed by atoms with Gasteiger partial charge in [0.2, 0.25) is 0 Å². The van der Waals surface area contributed by atoms with Gasteiger partial charge in [-0.3, -0.25) is 0 Å². The van der Waals surface area contributed by atoms with Crippen molar-refractivity contribution in [3.05, 3.63) is 66.5 Å². The Labute approximate surface area is 187 Å². The van der Waals surface area contributed by atoms with Crippen molar-refractivity contribution < 1.29 is 4.74 Å². The molecule has 0 aliphatic heterocycles. The normalized spacial score (nSPS) is 12.0. The molecule has 1 heterocycles. The Morgan fingerprint density at radius 2 is 1.39 bits per heavy atom. The minimum absolute atomic E-state index is 0.728. The van der Waals surface area contributed by atoms with E-state index < -0.39 is 0 Å². The molecule has 0 N–H and O–H groups in total. The summed E-state index contributed by atoms with van der Waals surface area (Å²) in [5.74, 6) is 2.31. The molecule has 0 radical (unpaired) electrons. The van der Waals surface area contributed by atoms with E-state index in [0.717, 1.165) is 42.5 Å². The van der Waals surface area contributed by atoms with Crippen molar-refractivity contribution >= 4 is 0 Å². The lowest BCUT2D eigenvalue weighted by Crippen LogP contribution is -2.00. The van der Waals surface area contributed by atoms with E-state index in [0.29, 0.717) is 0 Å². The first-order valence-corrected chi connectivity index (χ1v) is 11.8. The number of rotatable bonds is 12. The Hall–Kier alpha value is -2.68. The van der Waals surface area contributed by atoms with Crippen molar-refractivity contribution in [3.8, 4) is 28.3 Å². The van der Waals surface area contributed by atoms with Crippen molar-refractivity contribution in [2.75, 3.05) is 6.61 Å². The maximum Gasteiger partial charge on any atom is 0.159 e. The third-order valence-corrected chi connectivity index (χ3v) is 5.90. The molecule has 0 unspecified atom stereocenters. The number of hydrogen-bond donors (Lipinski definition) is 0. The standard InChI is InChI=1S/C28H36N2O/c1-4-9-23-11-13-24(14-12-23)25-15-17-26(18-16-25)28-29-20-27(21-30-28)31-19-8-6-7-10-22(3)5-2/h11-18,20-22H,4-10,19H2,1-3H3/t22-/m0/s1. The summed E-state index contributed by atoms with van der Waals surface area (Å²) in [6.07, 6.45) is 12.0. The van der Waals surface area contributed by atoms with Gasteiger partial charge in [0.05, 0.1) is 19.0 Å². The molecule has 3 heteroatoms. The minimum Gasteiger partial charge on any atom is -0.490 e. The lowest BCUT2D eigenvalue weighted by molar-refractivity contribution is 0.300. The summed E-state index contributed by atoms with van der Waals surface area (Å²) in [5.41, 5.74) is 4.85. The van der Waals surface area contributed by atoms with Crippen LogP contribution < -0.4 is 4.74 Å². The summed E-state index contributed by atoms with van der Waals surface area (Å²) >= 11 is 0. The average molecular weight is 417 g/mol. The molecule has 0 bridgehead atoms. The van der Waals surface area contributed by atoms with Gasteiger partial charge in [0.1, 0.15) is 0 Å². The monoisotopic (exact) mass is 416 g/mol. The summed E-state index contributed by atoms with van der Waals surface area (Å²) in [7, 11) is 0. The minimum atomic E-state index is 0.728. The summed E-state index contributed by atoms with van der Waals surface area (Å²) in [6, 6.07) is 17.3. The predicted octanol–water partition coefficient (Wildman–Crippen LogP) is 7.75. The third kappa shape index (κ3) is 7.20. The largest absolute Gasteiger partial charge is 0.490 e. The Balaban J connectivity index is 1.49. The number of ether oxygens (including phenoxy) is 1. The van der Waals surface area contributed by atoms with Gasteiger partial charge in [0.15, 0.2) is 11.6 Å². The van der Waals surface area contributed by atoms with E-state index in [2.05, 4.69) is 79.3 Å². The van der Waals surface area contributed by atoms with E-state index in [4.69, 9.17) is 4.74 Å². The van der Waals surface area contributed by atoms with Crippen LogP contribution in [-0.4, -0.2) is 16.6 Å². The van der Waals surface area contributed by atoms with E-state index in [1.54, 1.807) is 12.4 Å².